The van der Waals surface area contributed by atoms with Crippen LogP contribution in [-0.2, 0) is 4.79 Å². The second-order valence-corrected chi connectivity index (χ2v) is 7.37. The molecule has 0 aliphatic rings. The van der Waals surface area contributed by atoms with Gasteiger partial charge in [-0.05, 0) is 62.1 Å². The van der Waals surface area contributed by atoms with Gasteiger partial charge in [-0.25, -0.2) is 4.39 Å². The molecule has 0 bridgehead atoms. The van der Waals surface area contributed by atoms with E-state index >= 15 is 0 Å². The lowest BCUT2D eigenvalue weighted by Crippen LogP contribution is -2.13. The summed E-state index contributed by atoms with van der Waals surface area (Å²) in [5, 5.41) is 12.9. The molecule has 142 valence electrons. The predicted molar refractivity (Wildman–Crippen MR) is 109 cm³/mol. The summed E-state index contributed by atoms with van der Waals surface area (Å²) in [5.74, 6) is -0.853. The largest absolute Gasteiger partial charge is 0.318 e. The third-order valence-corrected chi connectivity index (χ3v) is 5.32. The van der Waals surface area contributed by atoms with Gasteiger partial charge in [0.05, 0.1) is 0 Å². The first-order valence-corrected chi connectivity index (χ1v) is 10.2. The number of hydrogen-bond acceptors (Lipinski definition) is 6. The van der Waals surface area contributed by atoms with Gasteiger partial charge < -0.3 is 4.57 Å². The Morgan fingerprint density at radius 2 is 2.07 bits per heavy atom. The number of nitrogens with zero attached hydrogens (tertiary/aromatic N) is 4. The quantitative estimate of drug-likeness (QED) is 0.382. The first kappa shape index (κ1) is 19.8. The highest BCUT2D eigenvalue weighted by atomic mass is 32.2. The molecule has 0 aliphatic carbocycles. The summed E-state index contributed by atoms with van der Waals surface area (Å²) < 4.78 is 19.2. The van der Waals surface area contributed by atoms with Gasteiger partial charge >= 0.3 is 0 Å². The second kappa shape index (κ2) is 8.37. The summed E-state index contributed by atoms with van der Waals surface area (Å²) in [4.78, 5) is 16.6. The molecule has 1 aromatic carbocycles. The average Bonchev–Trinajstić information content (AvgIpc) is 3.24. The number of halogens is 1. The van der Waals surface area contributed by atoms with Gasteiger partial charge in [0.1, 0.15) is 17.5 Å². The van der Waals surface area contributed by atoms with Crippen LogP contribution < -0.4 is 5.32 Å². The number of aromatic nitrogens is 3. The van der Waals surface area contributed by atoms with Gasteiger partial charge in [0, 0.05) is 28.6 Å². The Kier molecular flexibility index (Phi) is 5.92. The zero-order chi connectivity index (χ0) is 20.3. The Labute approximate surface area is 169 Å². The second-order valence-electron chi connectivity index (χ2n) is 5.85. The van der Waals surface area contributed by atoms with E-state index in [1.807, 2.05) is 36.8 Å². The fourth-order valence-corrected chi connectivity index (χ4v) is 3.85. The maximum atomic E-state index is 13.2. The molecule has 3 aromatic rings. The molecule has 1 amide bonds. The van der Waals surface area contributed by atoms with E-state index in [-0.39, 0.29) is 11.4 Å². The normalized spacial score (nSPS) is 11.3. The fraction of sp³-hybridized carbons (Fsp3) is 0.158. The minimum atomic E-state index is -0.544. The number of anilines is 1. The first-order chi connectivity index (χ1) is 13.4. The molecule has 0 saturated carbocycles. The standard InChI is InChI=1S/C19H16FN5OS2/c1-11-8-13(12(2)25(11)16-6-4-15(20)5-7-16)9-14(10-21)17(26)22-18-23-19(27-3)24-28-18/h4-9H,1-3H3,(H,22,23,24,26)/b14-9-. The molecule has 2 heterocycles. The van der Waals surface area contributed by atoms with Crippen LogP contribution in [0.5, 0.6) is 0 Å². The van der Waals surface area contributed by atoms with Crippen molar-refractivity contribution in [1.29, 1.82) is 5.26 Å². The number of nitrogens with one attached hydrogen (secondary N) is 1. The summed E-state index contributed by atoms with van der Waals surface area (Å²) in [7, 11) is 0. The summed E-state index contributed by atoms with van der Waals surface area (Å²) in [5.41, 5.74) is 3.24. The molecular weight excluding hydrogens is 397 g/mol. The number of nitriles is 1. The van der Waals surface area contributed by atoms with Gasteiger partial charge in [0.2, 0.25) is 10.3 Å². The van der Waals surface area contributed by atoms with Crippen molar-refractivity contribution in [3.8, 4) is 11.8 Å². The number of thioether (sulfide) groups is 1. The fourth-order valence-electron chi connectivity index (χ4n) is 2.73. The van der Waals surface area contributed by atoms with Gasteiger partial charge in [0.15, 0.2) is 0 Å². The van der Waals surface area contributed by atoms with Crippen molar-refractivity contribution < 1.29 is 9.18 Å². The molecule has 2 aromatic heterocycles. The highest BCUT2D eigenvalue weighted by Gasteiger charge is 2.15. The molecule has 28 heavy (non-hydrogen) atoms. The van der Waals surface area contributed by atoms with Crippen molar-refractivity contribution in [2.24, 2.45) is 0 Å². The first-order valence-electron chi connectivity index (χ1n) is 8.18. The van der Waals surface area contributed by atoms with Gasteiger partial charge in [0.25, 0.3) is 5.91 Å². The monoisotopic (exact) mass is 413 g/mol. The minimum absolute atomic E-state index is 0.0414. The molecule has 1 N–H and O–H groups in total. The van der Waals surface area contributed by atoms with Crippen molar-refractivity contribution in [2.45, 2.75) is 19.0 Å². The van der Waals surface area contributed by atoms with Crippen molar-refractivity contribution in [2.75, 3.05) is 11.6 Å². The Balaban J connectivity index is 1.90. The van der Waals surface area contributed by atoms with Crippen molar-refractivity contribution in [1.82, 2.24) is 13.9 Å². The Morgan fingerprint density at radius 1 is 1.36 bits per heavy atom. The molecular formula is C19H16FN5OS2. The lowest BCUT2D eigenvalue weighted by molar-refractivity contribution is -0.112. The van der Waals surface area contributed by atoms with E-state index < -0.39 is 5.91 Å². The van der Waals surface area contributed by atoms with Crippen LogP contribution in [-0.4, -0.2) is 26.1 Å². The molecule has 0 saturated heterocycles. The maximum absolute atomic E-state index is 13.2. The summed E-state index contributed by atoms with van der Waals surface area (Å²) in [6.45, 7) is 3.79. The lowest BCUT2D eigenvalue weighted by atomic mass is 10.1. The topological polar surface area (TPSA) is 83.6 Å². The minimum Gasteiger partial charge on any atom is -0.318 e. The number of carbonyl (C=O) groups is 1. The molecule has 9 heteroatoms. The van der Waals surface area contributed by atoms with Gasteiger partial charge in [-0.3, -0.25) is 10.1 Å². The van der Waals surface area contributed by atoms with E-state index in [1.54, 1.807) is 12.1 Å². The van der Waals surface area contributed by atoms with E-state index in [0.29, 0.717) is 10.3 Å². The average molecular weight is 414 g/mol. The van der Waals surface area contributed by atoms with E-state index in [9.17, 15) is 14.4 Å². The van der Waals surface area contributed by atoms with E-state index in [1.165, 1.54) is 30.0 Å². The van der Waals surface area contributed by atoms with Crippen LogP contribution in [0.15, 0.2) is 41.1 Å². The van der Waals surface area contributed by atoms with Gasteiger partial charge in [-0.2, -0.15) is 14.6 Å². The zero-order valence-corrected chi connectivity index (χ0v) is 17.0. The Hall–Kier alpha value is -2.96. The van der Waals surface area contributed by atoms with E-state index in [4.69, 9.17) is 0 Å². The molecule has 6 nitrogen and oxygen atoms in total. The molecule has 0 unspecified atom stereocenters. The van der Waals surface area contributed by atoms with E-state index in [2.05, 4.69) is 14.7 Å². The molecule has 0 fully saturated rings. The van der Waals surface area contributed by atoms with Crippen LogP contribution in [0.25, 0.3) is 11.8 Å². The predicted octanol–water partition coefficient (Wildman–Crippen LogP) is 4.35. The van der Waals surface area contributed by atoms with Crippen molar-refractivity contribution >= 4 is 40.4 Å². The number of amides is 1. The van der Waals surface area contributed by atoms with Crippen LogP contribution in [0.4, 0.5) is 9.52 Å². The van der Waals surface area contributed by atoms with Crippen molar-refractivity contribution in [3.05, 3.63) is 58.7 Å². The van der Waals surface area contributed by atoms with Gasteiger partial charge in [-0.15, -0.1) is 0 Å². The van der Waals surface area contributed by atoms with Crippen LogP contribution in [0.2, 0.25) is 0 Å². The van der Waals surface area contributed by atoms with Crippen LogP contribution >= 0.6 is 23.3 Å². The number of aryl methyl sites for hydroxylation is 1. The molecule has 0 radical (unpaired) electrons. The molecule has 3 rings (SSSR count). The number of rotatable bonds is 5. The number of hydrogen-bond donors (Lipinski definition) is 1. The smallest absolute Gasteiger partial charge is 0.268 e. The Bertz CT molecular complexity index is 1090. The summed E-state index contributed by atoms with van der Waals surface area (Å²) in [6.07, 6.45) is 3.37. The molecule has 0 atom stereocenters. The van der Waals surface area contributed by atoms with Crippen LogP contribution in [0.3, 0.4) is 0 Å². The number of carbonyl (C=O) groups excluding carboxylic acids is 1. The van der Waals surface area contributed by atoms with Gasteiger partial charge in [-0.1, -0.05) is 11.8 Å². The third-order valence-electron chi connectivity index (χ3n) is 4.03. The highest BCUT2D eigenvalue weighted by Crippen LogP contribution is 2.24. The SMILES string of the molecule is CSc1nsc(NC(=O)/C(C#N)=C\c2cc(C)n(-c3ccc(F)cc3)c2C)n1. The summed E-state index contributed by atoms with van der Waals surface area (Å²) >= 11 is 2.43. The number of benzene rings is 1. The van der Waals surface area contributed by atoms with Crippen LogP contribution in [0, 0.1) is 31.0 Å². The lowest BCUT2D eigenvalue weighted by Gasteiger charge is -2.09. The molecule has 0 aliphatic heterocycles. The zero-order valence-electron chi connectivity index (χ0n) is 15.4. The Morgan fingerprint density at radius 3 is 2.68 bits per heavy atom. The highest BCUT2D eigenvalue weighted by molar-refractivity contribution is 7.98. The van der Waals surface area contributed by atoms with E-state index in [0.717, 1.165) is 34.2 Å². The maximum Gasteiger partial charge on any atom is 0.268 e. The summed E-state index contributed by atoms with van der Waals surface area (Å²) in [6, 6.07) is 9.95. The van der Waals surface area contributed by atoms with Crippen molar-refractivity contribution in [3.63, 3.8) is 0 Å². The van der Waals surface area contributed by atoms with Crippen LogP contribution in [0.1, 0.15) is 17.0 Å². The third kappa shape index (κ3) is 4.13. The molecule has 0 spiro atoms.